The van der Waals surface area contributed by atoms with Crippen LogP contribution >= 0.6 is 0 Å². The Bertz CT molecular complexity index is 1920. The number of terminal acetylenes is 2. The van der Waals surface area contributed by atoms with E-state index in [1.54, 1.807) is 0 Å². The highest BCUT2D eigenvalue weighted by Crippen LogP contribution is 2.52. The first-order chi connectivity index (χ1) is 20.7. The van der Waals surface area contributed by atoms with Crippen LogP contribution in [0.4, 0.5) is 0 Å². The van der Waals surface area contributed by atoms with E-state index in [2.05, 4.69) is 96.8 Å². The smallest absolute Gasteiger partial charge is 0.148 e. The largest absolute Gasteiger partial charge is 0.481 e. The summed E-state index contributed by atoms with van der Waals surface area (Å²) in [6, 6.07) is 39.8. The Labute approximate surface area is 245 Å². The van der Waals surface area contributed by atoms with Crippen LogP contribution in [0, 0.1) is 24.7 Å². The summed E-state index contributed by atoms with van der Waals surface area (Å²) >= 11 is 0. The lowest BCUT2D eigenvalue weighted by molar-refractivity contribution is 0.371. The van der Waals surface area contributed by atoms with Crippen molar-refractivity contribution in [1.29, 1.82) is 0 Å². The summed E-state index contributed by atoms with van der Waals surface area (Å²) in [6.07, 6.45) is 10.9. The van der Waals surface area contributed by atoms with Gasteiger partial charge < -0.3 is 14.2 Å². The van der Waals surface area contributed by atoms with Crippen molar-refractivity contribution in [2.45, 2.75) is 5.92 Å². The van der Waals surface area contributed by atoms with E-state index in [-0.39, 0.29) is 19.1 Å². The molecule has 6 aromatic rings. The van der Waals surface area contributed by atoms with Gasteiger partial charge in [0.2, 0.25) is 0 Å². The Balaban J connectivity index is 1.44. The molecule has 0 fully saturated rings. The molecular weight excluding hydrogens is 516 g/mol. The number of fused-ring (bicyclic) bond motifs is 6. The molecule has 0 bridgehead atoms. The Hall–Kier alpha value is -5.64. The molecule has 42 heavy (non-hydrogen) atoms. The summed E-state index contributed by atoms with van der Waals surface area (Å²) in [5.41, 5.74) is 5.79. The van der Waals surface area contributed by atoms with Crippen LogP contribution in [-0.2, 0) is 0 Å². The third-order valence-corrected chi connectivity index (χ3v) is 7.78. The minimum atomic E-state index is -0.0732. The van der Waals surface area contributed by atoms with Crippen molar-refractivity contribution < 1.29 is 14.2 Å². The fourth-order valence-corrected chi connectivity index (χ4v) is 5.92. The molecule has 1 heterocycles. The van der Waals surface area contributed by atoms with E-state index in [1.165, 1.54) is 16.7 Å². The number of ether oxygens (including phenoxy) is 3. The van der Waals surface area contributed by atoms with Crippen LogP contribution in [-0.4, -0.2) is 13.2 Å². The molecule has 1 aliphatic heterocycles. The van der Waals surface area contributed by atoms with Gasteiger partial charge in [-0.15, -0.1) is 12.8 Å². The van der Waals surface area contributed by atoms with E-state index < -0.39 is 0 Å². The molecule has 0 atom stereocenters. The highest BCUT2D eigenvalue weighted by molar-refractivity contribution is 5.96. The number of benzene rings is 6. The Morgan fingerprint density at radius 1 is 0.571 bits per heavy atom. The van der Waals surface area contributed by atoms with Gasteiger partial charge in [-0.3, -0.25) is 0 Å². The van der Waals surface area contributed by atoms with Gasteiger partial charge in [0.15, 0.2) is 0 Å². The van der Waals surface area contributed by atoms with Gasteiger partial charge in [0.25, 0.3) is 0 Å². The van der Waals surface area contributed by atoms with Gasteiger partial charge in [0.05, 0.1) is 0 Å². The monoisotopic (exact) mass is 542 g/mol. The van der Waals surface area contributed by atoms with Crippen LogP contribution in [0.2, 0.25) is 0 Å². The first-order valence-electron chi connectivity index (χ1n) is 13.8. The van der Waals surface area contributed by atoms with Gasteiger partial charge in [0.1, 0.15) is 36.2 Å². The maximum Gasteiger partial charge on any atom is 0.148 e. The summed E-state index contributed by atoms with van der Waals surface area (Å²) in [6.45, 7) is 0.449. The molecule has 0 saturated carbocycles. The van der Waals surface area contributed by atoms with Gasteiger partial charge in [0, 0.05) is 17.0 Å². The molecule has 7 rings (SSSR count). The van der Waals surface area contributed by atoms with Crippen molar-refractivity contribution in [1.82, 2.24) is 0 Å². The molecule has 0 N–H and O–H groups in total. The molecule has 3 nitrogen and oxygen atoms in total. The summed E-state index contributed by atoms with van der Waals surface area (Å²) in [5.74, 6) is 8.18. The summed E-state index contributed by atoms with van der Waals surface area (Å²) in [5, 5.41) is 4.33. The van der Waals surface area contributed by atoms with Crippen LogP contribution < -0.4 is 14.2 Å². The average molecular weight is 543 g/mol. The lowest BCUT2D eigenvalue weighted by Gasteiger charge is -2.31. The molecule has 6 aromatic carbocycles. The van der Waals surface area contributed by atoms with Crippen LogP contribution in [0.15, 0.2) is 115 Å². The molecule has 0 aromatic heterocycles. The molecule has 3 heteroatoms. The first-order valence-corrected chi connectivity index (χ1v) is 13.8. The SMILES string of the molecule is C#CCOc1ccc2c3c(ccc2c1)Oc1ccc2cc(OCC#C)ccc2c1C3c1ccc(-c2ccccc2)cc1. The van der Waals surface area contributed by atoms with Crippen molar-refractivity contribution in [3.05, 3.63) is 132 Å². The molecule has 0 radical (unpaired) electrons. The van der Waals surface area contributed by atoms with E-state index in [4.69, 9.17) is 27.1 Å². The molecule has 200 valence electrons. The Kier molecular flexibility index (Phi) is 6.48. The third kappa shape index (κ3) is 4.48. The van der Waals surface area contributed by atoms with Gasteiger partial charge >= 0.3 is 0 Å². The summed E-state index contributed by atoms with van der Waals surface area (Å²) in [7, 11) is 0. The van der Waals surface area contributed by atoms with Crippen molar-refractivity contribution in [2.24, 2.45) is 0 Å². The minimum absolute atomic E-state index is 0.0732. The second-order valence-corrected chi connectivity index (χ2v) is 10.2. The van der Waals surface area contributed by atoms with Crippen LogP contribution in [0.1, 0.15) is 22.6 Å². The van der Waals surface area contributed by atoms with Crippen molar-refractivity contribution >= 4 is 21.5 Å². The van der Waals surface area contributed by atoms with E-state index in [0.29, 0.717) is 0 Å². The fraction of sp³-hybridized carbons (Fsp3) is 0.0769. The van der Waals surface area contributed by atoms with Crippen molar-refractivity contribution in [3.63, 3.8) is 0 Å². The lowest BCUT2D eigenvalue weighted by atomic mass is 9.78. The average Bonchev–Trinajstić information content (AvgIpc) is 3.05. The molecular formula is C39H26O3. The second-order valence-electron chi connectivity index (χ2n) is 10.2. The highest BCUT2D eigenvalue weighted by atomic mass is 16.5. The molecule has 0 aliphatic carbocycles. The minimum Gasteiger partial charge on any atom is -0.481 e. The standard InChI is InChI=1S/C39H26O3/c1-3-22-40-31-16-18-33-29(24-31)14-20-35-38(33)37(28-12-10-27(11-13-28)26-8-6-5-7-9-26)39-34-19-17-32(41-23-4-2)25-30(34)15-21-36(39)42-35/h1-2,5-21,24-25,37H,22-23H2. The zero-order valence-electron chi connectivity index (χ0n) is 22.8. The van der Waals surface area contributed by atoms with E-state index in [9.17, 15) is 0 Å². The van der Waals surface area contributed by atoms with Crippen LogP contribution in [0.5, 0.6) is 23.0 Å². The van der Waals surface area contributed by atoms with Gasteiger partial charge in [-0.1, -0.05) is 90.7 Å². The topological polar surface area (TPSA) is 27.7 Å². The summed E-state index contributed by atoms with van der Waals surface area (Å²) in [4.78, 5) is 0. The third-order valence-electron chi connectivity index (χ3n) is 7.78. The first kappa shape index (κ1) is 25.3. The molecule has 0 saturated heterocycles. The molecule has 0 spiro atoms. The lowest BCUT2D eigenvalue weighted by Crippen LogP contribution is -2.13. The fourth-order valence-electron chi connectivity index (χ4n) is 5.92. The van der Waals surface area contributed by atoms with Gasteiger partial charge in [-0.05, 0) is 74.6 Å². The Morgan fingerprint density at radius 2 is 1.10 bits per heavy atom. The predicted octanol–water partition coefficient (Wildman–Crippen LogP) is 8.97. The number of rotatable bonds is 6. The van der Waals surface area contributed by atoms with E-state index in [1.807, 2.05) is 30.3 Å². The molecule has 0 unspecified atom stereocenters. The quantitative estimate of drug-likeness (QED) is 0.196. The normalized spacial score (nSPS) is 12.0. The number of hydrogen-bond acceptors (Lipinski definition) is 3. The van der Waals surface area contributed by atoms with Crippen LogP contribution in [0.25, 0.3) is 32.7 Å². The maximum absolute atomic E-state index is 6.61. The maximum atomic E-state index is 6.61. The van der Waals surface area contributed by atoms with Gasteiger partial charge in [-0.25, -0.2) is 0 Å². The van der Waals surface area contributed by atoms with E-state index >= 15 is 0 Å². The summed E-state index contributed by atoms with van der Waals surface area (Å²) < 4.78 is 18.1. The van der Waals surface area contributed by atoms with Gasteiger partial charge in [-0.2, -0.15) is 0 Å². The predicted molar refractivity (Wildman–Crippen MR) is 169 cm³/mol. The molecule has 1 aliphatic rings. The zero-order chi connectivity index (χ0) is 28.5. The Morgan fingerprint density at radius 3 is 1.62 bits per heavy atom. The molecule has 0 amide bonds. The zero-order valence-corrected chi connectivity index (χ0v) is 22.8. The van der Waals surface area contributed by atoms with Crippen molar-refractivity contribution in [2.75, 3.05) is 13.2 Å². The number of hydrogen-bond donors (Lipinski definition) is 0. The second kappa shape index (κ2) is 10.7. The highest BCUT2D eigenvalue weighted by Gasteiger charge is 2.32. The van der Waals surface area contributed by atoms with E-state index in [0.717, 1.165) is 55.7 Å². The van der Waals surface area contributed by atoms with Crippen LogP contribution in [0.3, 0.4) is 0 Å². The van der Waals surface area contributed by atoms with Crippen molar-refractivity contribution in [3.8, 4) is 58.8 Å².